The molecule has 0 aromatic heterocycles. The van der Waals surface area contributed by atoms with Crippen LogP contribution >= 0.6 is 0 Å². The smallest absolute Gasteiger partial charge is 0.324 e. The van der Waals surface area contributed by atoms with Gasteiger partial charge in [-0.05, 0) is 37.6 Å². The lowest BCUT2D eigenvalue weighted by molar-refractivity contribution is -0.125. The van der Waals surface area contributed by atoms with Crippen molar-refractivity contribution in [1.29, 1.82) is 0 Å². The summed E-state index contributed by atoms with van der Waals surface area (Å²) in [6.07, 6.45) is 2.02. The molecule has 7 nitrogen and oxygen atoms in total. The first kappa shape index (κ1) is 16.4. The number of nitrogens with one attached hydrogen (secondary N) is 2. The van der Waals surface area contributed by atoms with Crippen LogP contribution in [-0.2, 0) is 11.3 Å². The molecule has 0 bridgehead atoms. The molecule has 2 fully saturated rings. The fourth-order valence-electron chi connectivity index (χ4n) is 3.32. The number of likely N-dealkylation sites (N-methyl/N-ethyl adjacent to an activating group) is 1. The van der Waals surface area contributed by atoms with E-state index in [1.165, 1.54) is 4.90 Å². The quantitative estimate of drug-likeness (QED) is 0.773. The second-order valence-corrected chi connectivity index (χ2v) is 6.19. The van der Waals surface area contributed by atoms with Gasteiger partial charge in [0.05, 0.1) is 13.1 Å². The molecular weight excluding hydrogens is 308 g/mol. The van der Waals surface area contributed by atoms with Gasteiger partial charge < -0.3 is 15.5 Å². The van der Waals surface area contributed by atoms with Crippen molar-refractivity contribution in [3.8, 4) is 0 Å². The van der Waals surface area contributed by atoms with Crippen LogP contribution in [0.25, 0.3) is 0 Å². The van der Waals surface area contributed by atoms with E-state index < -0.39 is 0 Å². The van der Waals surface area contributed by atoms with Crippen LogP contribution in [0.4, 0.5) is 4.79 Å². The highest BCUT2D eigenvalue weighted by atomic mass is 16.2. The minimum absolute atomic E-state index is 0.00630. The maximum absolute atomic E-state index is 12.8. The third-order valence-electron chi connectivity index (χ3n) is 4.53. The number of carbonyl (C=O) groups is 3. The number of benzene rings is 1. The van der Waals surface area contributed by atoms with Crippen molar-refractivity contribution < 1.29 is 14.4 Å². The first-order valence-corrected chi connectivity index (χ1v) is 8.23. The van der Waals surface area contributed by atoms with Crippen molar-refractivity contribution in [2.24, 2.45) is 0 Å². The van der Waals surface area contributed by atoms with Crippen molar-refractivity contribution in [3.63, 3.8) is 0 Å². The van der Waals surface area contributed by atoms with E-state index in [4.69, 9.17) is 0 Å². The van der Waals surface area contributed by atoms with Crippen molar-refractivity contribution in [3.05, 3.63) is 35.4 Å². The molecule has 2 heterocycles. The summed E-state index contributed by atoms with van der Waals surface area (Å²) < 4.78 is 0. The molecule has 4 amide bonds. The third kappa shape index (κ3) is 3.26. The molecule has 24 heavy (non-hydrogen) atoms. The molecule has 0 aliphatic carbocycles. The minimum Gasteiger partial charge on any atom is -0.334 e. The number of rotatable bonds is 5. The molecule has 2 aliphatic heterocycles. The van der Waals surface area contributed by atoms with E-state index in [0.717, 1.165) is 31.5 Å². The molecule has 2 N–H and O–H groups in total. The van der Waals surface area contributed by atoms with Crippen LogP contribution in [0.2, 0.25) is 0 Å². The summed E-state index contributed by atoms with van der Waals surface area (Å²) in [4.78, 5) is 39.2. The predicted molar refractivity (Wildman–Crippen MR) is 88.4 cm³/mol. The van der Waals surface area contributed by atoms with Gasteiger partial charge in [0.15, 0.2) is 0 Å². The molecule has 1 aromatic rings. The molecule has 1 aromatic carbocycles. The van der Waals surface area contributed by atoms with Crippen LogP contribution in [-0.4, -0.2) is 60.4 Å². The number of nitrogens with zero attached hydrogens (tertiary/aromatic N) is 2. The molecule has 2 aliphatic rings. The summed E-state index contributed by atoms with van der Waals surface area (Å²) in [6, 6.07) is 7.01. The van der Waals surface area contributed by atoms with E-state index in [1.807, 2.05) is 18.0 Å². The first-order chi connectivity index (χ1) is 11.6. The number of carbonyl (C=O) groups excluding carboxylic acids is 3. The monoisotopic (exact) mass is 330 g/mol. The van der Waals surface area contributed by atoms with Gasteiger partial charge in [0.1, 0.15) is 0 Å². The Bertz CT molecular complexity index is 645. The zero-order valence-electron chi connectivity index (χ0n) is 13.7. The zero-order valence-corrected chi connectivity index (χ0v) is 13.7. The molecule has 2 saturated heterocycles. The fourth-order valence-corrected chi connectivity index (χ4v) is 3.32. The van der Waals surface area contributed by atoms with Crippen LogP contribution in [0.1, 0.15) is 28.8 Å². The Balaban J connectivity index is 1.74. The molecule has 128 valence electrons. The van der Waals surface area contributed by atoms with Gasteiger partial charge in [-0.2, -0.15) is 0 Å². The average Bonchev–Trinajstić information content (AvgIpc) is 3.17. The van der Waals surface area contributed by atoms with Gasteiger partial charge >= 0.3 is 6.03 Å². The topological polar surface area (TPSA) is 81.8 Å². The lowest BCUT2D eigenvalue weighted by atomic mass is 10.1. The van der Waals surface area contributed by atoms with Gasteiger partial charge in [-0.15, -0.1) is 0 Å². The second kappa shape index (κ2) is 7.00. The highest BCUT2D eigenvalue weighted by Gasteiger charge is 2.30. The van der Waals surface area contributed by atoms with E-state index in [-0.39, 0.29) is 37.0 Å². The second-order valence-electron chi connectivity index (χ2n) is 6.19. The van der Waals surface area contributed by atoms with Gasteiger partial charge in [0.2, 0.25) is 5.91 Å². The Morgan fingerprint density at radius 2 is 2.21 bits per heavy atom. The van der Waals surface area contributed by atoms with Crippen LogP contribution in [0.5, 0.6) is 0 Å². The van der Waals surface area contributed by atoms with Crippen molar-refractivity contribution in [1.82, 2.24) is 20.4 Å². The summed E-state index contributed by atoms with van der Waals surface area (Å²) in [5.41, 5.74) is 1.37. The Morgan fingerprint density at radius 1 is 1.38 bits per heavy atom. The summed E-state index contributed by atoms with van der Waals surface area (Å²) >= 11 is 0. The van der Waals surface area contributed by atoms with Gasteiger partial charge in [-0.25, -0.2) is 4.79 Å². The molecule has 0 radical (unpaired) electrons. The van der Waals surface area contributed by atoms with E-state index in [2.05, 4.69) is 10.6 Å². The van der Waals surface area contributed by atoms with Gasteiger partial charge in [-0.1, -0.05) is 12.1 Å². The lowest BCUT2D eigenvalue weighted by Gasteiger charge is -2.25. The van der Waals surface area contributed by atoms with E-state index in [9.17, 15) is 14.4 Å². The van der Waals surface area contributed by atoms with E-state index in [1.54, 1.807) is 18.2 Å². The van der Waals surface area contributed by atoms with E-state index in [0.29, 0.717) is 5.56 Å². The van der Waals surface area contributed by atoms with Gasteiger partial charge in [-0.3, -0.25) is 14.5 Å². The van der Waals surface area contributed by atoms with Crippen LogP contribution < -0.4 is 10.6 Å². The van der Waals surface area contributed by atoms with Crippen molar-refractivity contribution >= 4 is 17.8 Å². The number of imide groups is 1. The number of hydrogen-bond acceptors (Lipinski definition) is 4. The number of hydrogen-bond donors (Lipinski definition) is 2. The van der Waals surface area contributed by atoms with Crippen LogP contribution in [0, 0.1) is 0 Å². The molecule has 3 rings (SSSR count). The molecule has 0 unspecified atom stereocenters. The lowest BCUT2D eigenvalue weighted by Crippen LogP contribution is -2.40. The number of likely N-dealkylation sites (tertiary alicyclic amines) is 1. The fraction of sp³-hybridized carbons (Fsp3) is 0.471. The molecular formula is C17H22N4O3. The van der Waals surface area contributed by atoms with Crippen molar-refractivity contribution in [2.45, 2.75) is 25.4 Å². The van der Waals surface area contributed by atoms with Gasteiger partial charge in [0.25, 0.3) is 5.91 Å². The first-order valence-electron chi connectivity index (χ1n) is 8.23. The Labute approximate surface area is 141 Å². The summed E-state index contributed by atoms with van der Waals surface area (Å²) in [7, 11) is 1.89. The number of amides is 4. The van der Waals surface area contributed by atoms with Crippen LogP contribution in [0.3, 0.4) is 0 Å². The highest BCUT2D eigenvalue weighted by molar-refractivity contribution is 6.02. The zero-order chi connectivity index (χ0) is 17.1. The maximum atomic E-state index is 12.8. The summed E-state index contributed by atoms with van der Waals surface area (Å²) in [5, 5.41) is 5.63. The van der Waals surface area contributed by atoms with E-state index >= 15 is 0 Å². The molecule has 1 atom stereocenters. The molecule has 0 spiro atoms. The Morgan fingerprint density at radius 3 is 2.92 bits per heavy atom. The standard InChI is InChI=1S/C17H22N4O3/c1-18-9-14-6-3-7-20(14)16(23)13-5-2-4-12(8-13)11-21-15(22)10-19-17(21)24/h2,4-5,8,14,18H,3,6-7,9-11H2,1H3,(H,19,24)/t14-/m0/s1. The van der Waals surface area contributed by atoms with Crippen LogP contribution in [0.15, 0.2) is 24.3 Å². The largest absolute Gasteiger partial charge is 0.334 e. The Hall–Kier alpha value is -2.41. The Kier molecular flexibility index (Phi) is 4.80. The SMILES string of the molecule is CNC[C@@H]1CCCN1C(=O)c1cccc(CN2C(=O)CNC2=O)c1. The molecule has 7 heteroatoms. The summed E-state index contributed by atoms with van der Waals surface area (Å²) in [5.74, 6) is -0.239. The van der Waals surface area contributed by atoms with Gasteiger partial charge in [0, 0.05) is 24.7 Å². The normalized spacial score (nSPS) is 20.6. The molecule has 0 saturated carbocycles. The summed E-state index contributed by atoms with van der Waals surface area (Å²) in [6.45, 7) is 1.78. The minimum atomic E-state index is -0.384. The number of urea groups is 1. The van der Waals surface area contributed by atoms with Crippen molar-refractivity contribution in [2.75, 3.05) is 26.7 Å². The predicted octanol–water partition coefficient (Wildman–Crippen LogP) is 0.562. The highest BCUT2D eigenvalue weighted by Crippen LogP contribution is 2.20. The average molecular weight is 330 g/mol. The maximum Gasteiger partial charge on any atom is 0.324 e. The third-order valence-corrected chi connectivity index (χ3v) is 4.53.